The standard InChI is InChI=1S/C12H14ClF3N2/c13-10-1-2-11(12(14,15)16)9(7-10)8-18-5-3-17-4-6-18/h1-2,7,17H,3-6,8H2. The van der Waals surface area contributed by atoms with Gasteiger partial charge in [0.2, 0.25) is 0 Å². The lowest BCUT2D eigenvalue weighted by atomic mass is 10.1. The molecule has 2 rings (SSSR count). The zero-order valence-corrected chi connectivity index (χ0v) is 10.5. The molecule has 0 spiro atoms. The van der Waals surface area contributed by atoms with E-state index in [-0.39, 0.29) is 12.1 Å². The van der Waals surface area contributed by atoms with Gasteiger partial charge in [0.1, 0.15) is 0 Å². The zero-order chi connectivity index (χ0) is 13.2. The van der Waals surface area contributed by atoms with Crippen LogP contribution in [0.4, 0.5) is 13.2 Å². The average Bonchev–Trinajstić information content (AvgIpc) is 2.28. The molecule has 0 saturated carbocycles. The average molecular weight is 279 g/mol. The summed E-state index contributed by atoms with van der Waals surface area (Å²) in [6, 6.07) is 3.75. The van der Waals surface area contributed by atoms with E-state index in [2.05, 4.69) is 5.32 Å². The fourth-order valence-corrected chi connectivity index (χ4v) is 2.27. The first kappa shape index (κ1) is 13.6. The summed E-state index contributed by atoms with van der Waals surface area (Å²) in [5.41, 5.74) is -0.345. The molecule has 0 radical (unpaired) electrons. The third-order valence-electron chi connectivity index (χ3n) is 2.98. The summed E-state index contributed by atoms with van der Waals surface area (Å²) in [7, 11) is 0. The van der Waals surface area contributed by atoms with Crippen LogP contribution in [0, 0.1) is 0 Å². The van der Waals surface area contributed by atoms with Crippen LogP contribution in [0.5, 0.6) is 0 Å². The van der Waals surface area contributed by atoms with Crippen molar-refractivity contribution < 1.29 is 13.2 Å². The molecule has 0 amide bonds. The summed E-state index contributed by atoms with van der Waals surface area (Å²) < 4.78 is 38.6. The highest BCUT2D eigenvalue weighted by Gasteiger charge is 2.33. The highest BCUT2D eigenvalue weighted by Crippen LogP contribution is 2.33. The maximum Gasteiger partial charge on any atom is 0.416 e. The van der Waals surface area contributed by atoms with Gasteiger partial charge in [0.25, 0.3) is 0 Å². The monoisotopic (exact) mass is 278 g/mol. The van der Waals surface area contributed by atoms with E-state index in [0.717, 1.165) is 32.2 Å². The van der Waals surface area contributed by atoms with Gasteiger partial charge in [-0.25, -0.2) is 0 Å². The van der Waals surface area contributed by atoms with Crippen molar-refractivity contribution in [2.24, 2.45) is 0 Å². The number of nitrogens with zero attached hydrogens (tertiary/aromatic N) is 1. The van der Waals surface area contributed by atoms with Gasteiger partial charge in [0, 0.05) is 37.7 Å². The smallest absolute Gasteiger partial charge is 0.314 e. The second-order valence-electron chi connectivity index (χ2n) is 4.33. The summed E-state index contributed by atoms with van der Waals surface area (Å²) in [4.78, 5) is 2.00. The minimum atomic E-state index is -4.33. The van der Waals surface area contributed by atoms with Crippen molar-refractivity contribution in [3.8, 4) is 0 Å². The van der Waals surface area contributed by atoms with Crippen molar-refractivity contribution in [3.05, 3.63) is 34.3 Å². The molecular weight excluding hydrogens is 265 g/mol. The van der Waals surface area contributed by atoms with Crippen molar-refractivity contribution in [1.29, 1.82) is 0 Å². The summed E-state index contributed by atoms with van der Waals surface area (Å²) >= 11 is 5.79. The van der Waals surface area contributed by atoms with E-state index < -0.39 is 11.7 Å². The molecule has 0 bridgehead atoms. The van der Waals surface area contributed by atoms with Crippen LogP contribution < -0.4 is 5.32 Å². The van der Waals surface area contributed by atoms with Crippen LogP contribution in [0.3, 0.4) is 0 Å². The Labute approximate surface area is 109 Å². The van der Waals surface area contributed by atoms with E-state index in [1.54, 1.807) is 0 Å². The van der Waals surface area contributed by atoms with Crippen molar-refractivity contribution in [2.45, 2.75) is 12.7 Å². The molecule has 1 N–H and O–H groups in total. The topological polar surface area (TPSA) is 15.3 Å². The van der Waals surface area contributed by atoms with Crippen molar-refractivity contribution in [3.63, 3.8) is 0 Å². The molecule has 1 aliphatic heterocycles. The SMILES string of the molecule is FC(F)(F)c1ccc(Cl)cc1CN1CCNCC1. The maximum atomic E-state index is 12.9. The molecule has 18 heavy (non-hydrogen) atoms. The Morgan fingerprint density at radius 3 is 2.50 bits per heavy atom. The Morgan fingerprint density at radius 2 is 1.89 bits per heavy atom. The Hall–Kier alpha value is -0.780. The Bertz CT molecular complexity index is 414. The normalized spacial score (nSPS) is 18.0. The third kappa shape index (κ3) is 3.37. The molecule has 1 saturated heterocycles. The van der Waals surface area contributed by atoms with Crippen molar-refractivity contribution in [1.82, 2.24) is 10.2 Å². The van der Waals surface area contributed by atoms with Crippen LogP contribution in [0.2, 0.25) is 5.02 Å². The molecule has 100 valence electrons. The van der Waals surface area contributed by atoms with Gasteiger partial charge >= 0.3 is 6.18 Å². The molecule has 2 nitrogen and oxygen atoms in total. The highest BCUT2D eigenvalue weighted by molar-refractivity contribution is 6.30. The van der Waals surface area contributed by atoms with Gasteiger partial charge in [-0.3, -0.25) is 4.90 Å². The zero-order valence-electron chi connectivity index (χ0n) is 9.73. The number of alkyl halides is 3. The van der Waals surface area contributed by atoms with Crippen LogP contribution >= 0.6 is 11.6 Å². The van der Waals surface area contributed by atoms with E-state index in [0.29, 0.717) is 5.02 Å². The molecule has 1 aromatic rings. The molecule has 0 atom stereocenters. The van der Waals surface area contributed by atoms with Crippen molar-refractivity contribution >= 4 is 11.6 Å². The molecule has 6 heteroatoms. The molecule has 0 aliphatic carbocycles. The quantitative estimate of drug-likeness (QED) is 0.895. The predicted octanol–water partition coefficient (Wildman–Crippen LogP) is 2.76. The Balaban J connectivity index is 2.21. The first-order valence-corrected chi connectivity index (χ1v) is 6.13. The predicted molar refractivity (Wildman–Crippen MR) is 64.6 cm³/mol. The van der Waals surface area contributed by atoms with Crippen LogP contribution in [-0.2, 0) is 12.7 Å². The third-order valence-corrected chi connectivity index (χ3v) is 3.21. The van der Waals surface area contributed by atoms with E-state index >= 15 is 0 Å². The minimum Gasteiger partial charge on any atom is -0.314 e. The van der Waals surface area contributed by atoms with Gasteiger partial charge in [0.05, 0.1) is 5.56 Å². The fraction of sp³-hybridized carbons (Fsp3) is 0.500. The van der Waals surface area contributed by atoms with E-state index in [4.69, 9.17) is 11.6 Å². The maximum absolute atomic E-state index is 12.9. The lowest BCUT2D eigenvalue weighted by Gasteiger charge is -2.28. The van der Waals surface area contributed by atoms with Gasteiger partial charge < -0.3 is 5.32 Å². The van der Waals surface area contributed by atoms with Gasteiger partial charge in [-0.2, -0.15) is 13.2 Å². The fourth-order valence-electron chi connectivity index (χ4n) is 2.08. The number of piperazine rings is 1. The van der Waals surface area contributed by atoms with Crippen LogP contribution in [0.15, 0.2) is 18.2 Å². The molecule has 1 heterocycles. The van der Waals surface area contributed by atoms with E-state index in [1.165, 1.54) is 12.1 Å². The minimum absolute atomic E-state index is 0.247. The summed E-state index contributed by atoms with van der Waals surface area (Å²) in [5.74, 6) is 0. The van der Waals surface area contributed by atoms with E-state index in [9.17, 15) is 13.2 Å². The molecule has 1 aromatic carbocycles. The van der Waals surface area contributed by atoms with Gasteiger partial charge in [-0.1, -0.05) is 11.6 Å². The Morgan fingerprint density at radius 1 is 1.22 bits per heavy atom. The summed E-state index contributed by atoms with van der Waals surface area (Å²) in [5, 5.41) is 3.51. The van der Waals surface area contributed by atoms with Gasteiger partial charge in [0.15, 0.2) is 0 Å². The number of hydrogen-bond acceptors (Lipinski definition) is 2. The number of nitrogens with one attached hydrogen (secondary N) is 1. The van der Waals surface area contributed by atoms with E-state index in [1.807, 2.05) is 4.90 Å². The largest absolute Gasteiger partial charge is 0.416 e. The first-order valence-electron chi connectivity index (χ1n) is 5.75. The number of rotatable bonds is 2. The molecule has 0 aromatic heterocycles. The van der Waals surface area contributed by atoms with Gasteiger partial charge in [-0.15, -0.1) is 0 Å². The highest BCUT2D eigenvalue weighted by atomic mass is 35.5. The number of benzene rings is 1. The first-order chi connectivity index (χ1) is 8.47. The summed E-state index contributed by atoms with van der Waals surface area (Å²) in [6.07, 6.45) is -4.33. The Kier molecular flexibility index (Phi) is 4.14. The van der Waals surface area contributed by atoms with Crippen LogP contribution in [0.25, 0.3) is 0 Å². The number of halogens is 4. The lowest BCUT2D eigenvalue weighted by Crippen LogP contribution is -2.43. The molecule has 1 aliphatic rings. The number of hydrogen-bond donors (Lipinski definition) is 1. The van der Waals surface area contributed by atoms with Crippen LogP contribution in [-0.4, -0.2) is 31.1 Å². The molecule has 0 unspecified atom stereocenters. The second kappa shape index (κ2) is 5.47. The molecular formula is C12H14ClF3N2. The second-order valence-corrected chi connectivity index (χ2v) is 4.76. The molecule has 1 fully saturated rings. The summed E-state index contributed by atoms with van der Waals surface area (Å²) in [6.45, 7) is 3.41. The van der Waals surface area contributed by atoms with Crippen LogP contribution in [0.1, 0.15) is 11.1 Å². The van der Waals surface area contributed by atoms with Crippen molar-refractivity contribution in [2.75, 3.05) is 26.2 Å². The lowest BCUT2D eigenvalue weighted by molar-refractivity contribution is -0.138. The van der Waals surface area contributed by atoms with Gasteiger partial charge in [-0.05, 0) is 23.8 Å².